The fourth-order valence-corrected chi connectivity index (χ4v) is 4.65. The van der Waals surface area contributed by atoms with E-state index in [1.54, 1.807) is 0 Å². The predicted molar refractivity (Wildman–Crippen MR) is 132 cm³/mol. The summed E-state index contributed by atoms with van der Waals surface area (Å²) >= 11 is 0. The van der Waals surface area contributed by atoms with Crippen LogP contribution in [0, 0.1) is 0 Å². The van der Waals surface area contributed by atoms with Crippen molar-refractivity contribution in [2.75, 3.05) is 27.7 Å². The number of pyridine rings is 1. The van der Waals surface area contributed by atoms with Gasteiger partial charge in [0, 0.05) is 12.1 Å². The van der Waals surface area contributed by atoms with Gasteiger partial charge in [-0.25, -0.2) is 4.57 Å². The van der Waals surface area contributed by atoms with Gasteiger partial charge in [-0.2, -0.15) is 0 Å². The molecule has 0 radical (unpaired) electrons. The minimum atomic E-state index is -0.370. The largest absolute Gasteiger partial charge is 1.00 e. The Kier molecular flexibility index (Phi) is 10.2. The first kappa shape index (κ1) is 28.0. The number of aromatic nitrogens is 1. The first-order valence-electron chi connectivity index (χ1n) is 11.5. The molecule has 4 aromatic rings. The van der Waals surface area contributed by atoms with E-state index in [0.29, 0.717) is 0 Å². The molecule has 0 atom stereocenters. The number of halogens is 2. The van der Waals surface area contributed by atoms with E-state index >= 15 is 0 Å². The Bertz CT molecular complexity index is 1010. The van der Waals surface area contributed by atoms with Crippen molar-refractivity contribution in [1.82, 2.24) is 0 Å². The SMILES string of the molecule is C[N+](C)(C)CCC[n+]1ccc(C(c2ccccc2)(c2ccccc2)c2ccccc2)cc1.[Br-].[Br-]. The van der Waals surface area contributed by atoms with E-state index in [1.165, 1.54) is 22.3 Å². The molecule has 0 N–H and O–H groups in total. The monoisotopic (exact) mass is 580 g/mol. The van der Waals surface area contributed by atoms with Crippen molar-refractivity contribution in [3.8, 4) is 0 Å². The average Bonchev–Trinajstić information content (AvgIpc) is 2.82. The second-order valence-corrected chi connectivity index (χ2v) is 9.54. The summed E-state index contributed by atoms with van der Waals surface area (Å²) in [6, 6.07) is 37.3. The third-order valence-corrected chi connectivity index (χ3v) is 6.19. The Morgan fingerprint density at radius 1 is 0.559 bits per heavy atom. The molecule has 0 spiro atoms. The van der Waals surface area contributed by atoms with Crippen LogP contribution in [0.15, 0.2) is 116 Å². The smallest absolute Gasteiger partial charge is 0.169 e. The number of quaternary nitrogens is 1. The second kappa shape index (κ2) is 12.4. The quantitative estimate of drug-likeness (QED) is 0.150. The van der Waals surface area contributed by atoms with E-state index in [1.807, 2.05) is 0 Å². The summed E-state index contributed by atoms with van der Waals surface area (Å²) in [6.07, 6.45) is 5.65. The molecular weight excluding hydrogens is 548 g/mol. The number of rotatable bonds is 8. The summed E-state index contributed by atoms with van der Waals surface area (Å²) < 4.78 is 3.31. The molecule has 0 aliphatic carbocycles. The third kappa shape index (κ3) is 6.24. The van der Waals surface area contributed by atoms with Crippen LogP contribution in [0.3, 0.4) is 0 Å². The first-order valence-corrected chi connectivity index (χ1v) is 11.5. The Labute approximate surface area is 226 Å². The average molecular weight is 582 g/mol. The predicted octanol–water partition coefficient (Wildman–Crippen LogP) is -0.539. The fraction of sp³-hybridized carbons (Fsp3) is 0.233. The molecule has 0 aliphatic rings. The van der Waals surface area contributed by atoms with E-state index in [9.17, 15) is 0 Å². The summed E-state index contributed by atoms with van der Waals surface area (Å²) in [4.78, 5) is 0. The van der Waals surface area contributed by atoms with Crippen LogP contribution < -0.4 is 38.5 Å². The topological polar surface area (TPSA) is 3.88 Å². The molecule has 0 saturated carbocycles. The lowest BCUT2D eigenvalue weighted by Crippen LogP contribution is -3.00. The summed E-state index contributed by atoms with van der Waals surface area (Å²) in [5.41, 5.74) is 4.75. The van der Waals surface area contributed by atoms with Gasteiger partial charge < -0.3 is 38.4 Å². The van der Waals surface area contributed by atoms with Crippen LogP contribution in [-0.2, 0) is 12.0 Å². The van der Waals surface area contributed by atoms with E-state index in [2.05, 4.69) is 141 Å². The van der Waals surface area contributed by atoms with E-state index in [0.717, 1.165) is 24.0 Å². The Balaban J connectivity index is 0.00000204. The minimum Gasteiger partial charge on any atom is -1.00 e. The van der Waals surface area contributed by atoms with Crippen molar-refractivity contribution in [2.45, 2.75) is 18.4 Å². The van der Waals surface area contributed by atoms with Crippen molar-refractivity contribution >= 4 is 0 Å². The van der Waals surface area contributed by atoms with Crippen LogP contribution in [0.25, 0.3) is 0 Å². The summed E-state index contributed by atoms with van der Waals surface area (Å²) in [5.74, 6) is 0. The molecule has 3 aromatic carbocycles. The Hall–Kier alpha value is -2.27. The van der Waals surface area contributed by atoms with Gasteiger partial charge in [-0.3, -0.25) is 0 Å². The highest BCUT2D eigenvalue weighted by Crippen LogP contribution is 2.44. The standard InChI is InChI=1S/C30H34N2.2BrH/c1-32(2,3)25-13-22-31-23-20-29(21-24-31)30(26-14-7-4-8-15-26,27-16-9-5-10-17-27)28-18-11-6-12-19-28;;/h4-12,14-21,23-24H,13,22,25H2,1-3H3;2*1H/q+2;;/p-2. The van der Waals surface area contributed by atoms with Crippen LogP contribution in [0.5, 0.6) is 0 Å². The second-order valence-electron chi connectivity index (χ2n) is 9.54. The molecule has 4 heteroatoms. The first-order chi connectivity index (χ1) is 15.5. The highest BCUT2D eigenvalue weighted by molar-refractivity contribution is 5.59. The highest BCUT2D eigenvalue weighted by atomic mass is 79.9. The van der Waals surface area contributed by atoms with Crippen LogP contribution in [0.4, 0.5) is 0 Å². The molecule has 0 unspecified atom stereocenters. The highest BCUT2D eigenvalue weighted by Gasteiger charge is 2.38. The zero-order valence-corrected chi connectivity index (χ0v) is 23.4. The van der Waals surface area contributed by atoms with Gasteiger partial charge in [0.25, 0.3) is 0 Å². The lowest BCUT2D eigenvalue weighted by Gasteiger charge is -2.36. The van der Waals surface area contributed by atoms with Gasteiger partial charge in [0.2, 0.25) is 0 Å². The van der Waals surface area contributed by atoms with Gasteiger partial charge in [0.05, 0.1) is 39.5 Å². The molecule has 1 aromatic heterocycles. The number of benzene rings is 3. The maximum absolute atomic E-state index is 2.31. The molecule has 34 heavy (non-hydrogen) atoms. The van der Waals surface area contributed by atoms with E-state index in [4.69, 9.17) is 0 Å². The van der Waals surface area contributed by atoms with Crippen LogP contribution in [-0.4, -0.2) is 32.2 Å². The van der Waals surface area contributed by atoms with Crippen molar-refractivity contribution in [3.63, 3.8) is 0 Å². The van der Waals surface area contributed by atoms with Gasteiger partial charge in [-0.15, -0.1) is 0 Å². The van der Waals surface area contributed by atoms with Crippen LogP contribution in [0.2, 0.25) is 0 Å². The van der Waals surface area contributed by atoms with Gasteiger partial charge in [0.1, 0.15) is 0 Å². The lowest BCUT2D eigenvalue weighted by molar-refractivity contribution is -0.873. The van der Waals surface area contributed by atoms with Crippen molar-refractivity contribution in [3.05, 3.63) is 138 Å². The van der Waals surface area contributed by atoms with Crippen molar-refractivity contribution in [2.24, 2.45) is 0 Å². The number of nitrogens with zero attached hydrogens (tertiary/aromatic N) is 2. The van der Waals surface area contributed by atoms with Crippen LogP contribution in [0.1, 0.15) is 28.7 Å². The van der Waals surface area contributed by atoms with Gasteiger partial charge in [-0.05, 0) is 22.3 Å². The van der Waals surface area contributed by atoms with Crippen molar-refractivity contribution in [1.29, 1.82) is 0 Å². The van der Waals surface area contributed by atoms with Gasteiger partial charge in [0.15, 0.2) is 18.9 Å². The molecule has 0 saturated heterocycles. The third-order valence-electron chi connectivity index (χ3n) is 6.19. The van der Waals surface area contributed by atoms with Crippen molar-refractivity contribution < 1.29 is 43.0 Å². The number of hydrogen-bond acceptors (Lipinski definition) is 0. The molecule has 2 nitrogen and oxygen atoms in total. The van der Waals surface area contributed by atoms with E-state index in [-0.39, 0.29) is 39.4 Å². The molecule has 0 aliphatic heterocycles. The van der Waals surface area contributed by atoms with Crippen LogP contribution >= 0.6 is 0 Å². The maximum Gasteiger partial charge on any atom is 0.169 e. The van der Waals surface area contributed by atoms with E-state index < -0.39 is 0 Å². The van der Waals surface area contributed by atoms with Gasteiger partial charge >= 0.3 is 0 Å². The molecule has 178 valence electrons. The fourth-order valence-electron chi connectivity index (χ4n) is 4.65. The molecule has 0 bridgehead atoms. The summed E-state index contributed by atoms with van der Waals surface area (Å²) in [5, 5.41) is 0. The molecule has 0 fully saturated rings. The summed E-state index contributed by atoms with van der Waals surface area (Å²) in [6.45, 7) is 2.20. The number of hydrogen-bond donors (Lipinski definition) is 0. The van der Waals surface area contributed by atoms with Gasteiger partial charge in [-0.1, -0.05) is 91.0 Å². The molecule has 1 heterocycles. The Morgan fingerprint density at radius 3 is 1.26 bits per heavy atom. The summed E-state index contributed by atoms with van der Waals surface area (Å²) in [7, 11) is 6.76. The number of aryl methyl sites for hydroxylation is 1. The lowest BCUT2D eigenvalue weighted by atomic mass is 9.65. The molecule has 4 rings (SSSR count). The Morgan fingerprint density at radius 2 is 0.912 bits per heavy atom. The maximum atomic E-state index is 2.31. The normalized spacial score (nSPS) is 11.3. The minimum absolute atomic E-state index is 0. The zero-order chi connectivity index (χ0) is 22.4. The molecule has 0 amide bonds. The molecular formula is C30H34Br2N2. The zero-order valence-electron chi connectivity index (χ0n) is 20.2.